The zero-order chi connectivity index (χ0) is 18.4. The van der Waals surface area contributed by atoms with Gasteiger partial charge in [0, 0.05) is 6.42 Å². The Hall–Kier alpha value is -1.16. The fraction of sp³-hybridized carbons (Fsp3) is 0.667. The van der Waals surface area contributed by atoms with Crippen molar-refractivity contribution in [1.82, 2.24) is 0 Å². The number of sulfone groups is 1. The molecule has 1 aliphatic rings. The molecule has 0 bridgehead atoms. The summed E-state index contributed by atoms with van der Waals surface area (Å²) in [4.78, 5) is 11.3. The van der Waals surface area contributed by atoms with Gasteiger partial charge in [-0.25, -0.2) is 8.42 Å². The number of hydrogen-bond acceptors (Lipinski definition) is 3. The topological polar surface area (TPSA) is 51.2 Å². The Morgan fingerprint density at radius 1 is 1.08 bits per heavy atom. The van der Waals surface area contributed by atoms with Gasteiger partial charge in [-0.15, -0.1) is 0 Å². The van der Waals surface area contributed by atoms with E-state index in [4.69, 9.17) is 0 Å². The first-order valence-electron chi connectivity index (χ1n) is 9.55. The second-order valence-corrected chi connectivity index (χ2v) is 10.6. The van der Waals surface area contributed by atoms with Gasteiger partial charge in [0.15, 0.2) is 9.84 Å². The highest BCUT2D eigenvalue weighted by Gasteiger charge is 2.27. The summed E-state index contributed by atoms with van der Waals surface area (Å²) in [5.41, 5.74) is 2.41. The van der Waals surface area contributed by atoms with Crippen molar-refractivity contribution >= 4 is 15.6 Å². The van der Waals surface area contributed by atoms with E-state index in [1.807, 2.05) is 12.1 Å². The van der Waals surface area contributed by atoms with Crippen LogP contribution in [-0.2, 0) is 27.5 Å². The molecule has 0 amide bonds. The smallest absolute Gasteiger partial charge is 0.152 e. The van der Waals surface area contributed by atoms with E-state index in [2.05, 4.69) is 12.1 Å². The molecule has 0 unspecified atom stereocenters. The van der Waals surface area contributed by atoms with Gasteiger partial charge in [0.25, 0.3) is 0 Å². The lowest BCUT2D eigenvalue weighted by Gasteiger charge is -2.28. The average molecular weight is 365 g/mol. The minimum absolute atomic E-state index is 0.201. The van der Waals surface area contributed by atoms with Crippen LogP contribution in [0.2, 0.25) is 0 Å². The van der Waals surface area contributed by atoms with Crippen molar-refractivity contribution in [2.75, 3.05) is 5.75 Å². The van der Waals surface area contributed by atoms with E-state index in [1.165, 1.54) is 5.56 Å². The molecule has 1 aliphatic carbocycles. The molecule has 0 N–H and O–H groups in total. The van der Waals surface area contributed by atoms with Crippen molar-refractivity contribution in [2.24, 2.45) is 11.8 Å². The highest BCUT2D eigenvalue weighted by molar-refractivity contribution is 7.91. The quantitative estimate of drug-likeness (QED) is 0.688. The number of benzene rings is 1. The molecule has 1 aromatic rings. The van der Waals surface area contributed by atoms with Crippen LogP contribution >= 0.6 is 0 Å². The van der Waals surface area contributed by atoms with Gasteiger partial charge < -0.3 is 0 Å². The Kier molecular flexibility index (Phi) is 7.24. The number of hydrogen-bond donors (Lipinski definition) is 0. The first-order valence-corrected chi connectivity index (χ1v) is 11.3. The lowest BCUT2D eigenvalue weighted by atomic mass is 9.80. The van der Waals surface area contributed by atoms with E-state index < -0.39 is 9.84 Å². The fourth-order valence-electron chi connectivity index (χ4n) is 3.76. The summed E-state index contributed by atoms with van der Waals surface area (Å²) in [5, 5.41) is -0.257. The zero-order valence-corrected chi connectivity index (χ0v) is 16.6. The van der Waals surface area contributed by atoms with Crippen LogP contribution in [0.3, 0.4) is 0 Å². The molecular formula is C21H32O3S. The summed E-state index contributed by atoms with van der Waals surface area (Å²) in [6.07, 6.45) is 7.10. The molecule has 2 rings (SSSR count). The molecule has 0 aromatic heterocycles. The number of Topliss-reactive ketones (excluding diaryl/α,β-unsaturated/α-hetero) is 1. The molecule has 1 fully saturated rings. The van der Waals surface area contributed by atoms with Crippen molar-refractivity contribution in [3.8, 4) is 0 Å². The van der Waals surface area contributed by atoms with E-state index >= 15 is 0 Å². The average Bonchev–Trinajstić information content (AvgIpc) is 2.53. The molecule has 0 spiro atoms. The Morgan fingerprint density at radius 2 is 1.68 bits per heavy atom. The van der Waals surface area contributed by atoms with Crippen molar-refractivity contribution in [3.05, 3.63) is 35.4 Å². The van der Waals surface area contributed by atoms with Crippen molar-refractivity contribution < 1.29 is 13.2 Å². The van der Waals surface area contributed by atoms with Crippen LogP contribution in [0.25, 0.3) is 0 Å². The number of carbonyl (C=O) groups is 1. The van der Waals surface area contributed by atoms with E-state index in [0.717, 1.165) is 44.1 Å². The second-order valence-electron chi connectivity index (χ2n) is 8.00. The summed E-state index contributed by atoms with van der Waals surface area (Å²) in [6, 6.07) is 8.36. The van der Waals surface area contributed by atoms with Crippen LogP contribution in [-0.4, -0.2) is 25.2 Å². The maximum Gasteiger partial charge on any atom is 0.152 e. The third-order valence-corrected chi connectivity index (χ3v) is 7.81. The van der Waals surface area contributed by atoms with Gasteiger partial charge in [-0.3, -0.25) is 4.79 Å². The summed E-state index contributed by atoms with van der Waals surface area (Å²) in [6.45, 7) is 5.19. The van der Waals surface area contributed by atoms with Gasteiger partial charge in [0.2, 0.25) is 0 Å². The molecule has 140 valence electrons. The summed E-state index contributed by atoms with van der Waals surface area (Å²) in [5.74, 6) is 1.62. The standard InChI is InChI=1S/C21H32O3S/c1-16(2)25(23,24)15-20-11-8-18(9-12-20)7-10-19-5-4-6-21(14-19)13-17(3)22/h4-6,14,16,18,20H,7-13,15H2,1-3H3. The van der Waals surface area contributed by atoms with Gasteiger partial charge in [0.05, 0.1) is 11.0 Å². The number of rotatable bonds is 8. The molecule has 1 saturated carbocycles. The first kappa shape index (κ1) is 20.2. The van der Waals surface area contributed by atoms with E-state index in [1.54, 1.807) is 20.8 Å². The van der Waals surface area contributed by atoms with Crippen LogP contribution < -0.4 is 0 Å². The monoisotopic (exact) mass is 364 g/mol. The van der Waals surface area contributed by atoms with Gasteiger partial charge in [-0.1, -0.05) is 37.1 Å². The number of ketones is 1. The predicted molar refractivity (Wildman–Crippen MR) is 104 cm³/mol. The lowest BCUT2D eigenvalue weighted by molar-refractivity contribution is -0.116. The largest absolute Gasteiger partial charge is 0.300 e. The molecule has 3 nitrogen and oxygen atoms in total. The van der Waals surface area contributed by atoms with Gasteiger partial charge in [0.1, 0.15) is 5.78 Å². The first-order chi connectivity index (χ1) is 11.8. The van der Waals surface area contributed by atoms with Crippen LogP contribution in [0.4, 0.5) is 0 Å². The Bertz CT molecular complexity index is 668. The second kappa shape index (κ2) is 8.98. The van der Waals surface area contributed by atoms with Gasteiger partial charge in [-0.05, 0) is 69.4 Å². The van der Waals surface area contributed by atoms with Crippen LogP contribution in [0.1, 0.15) is 64.0 Å². The SMILES string of the molecule is CC(=O)Cc1cccc(CCC2CCC(CS(=O)(=O)C(C)C)CC2)c1. The summed E-state index contributed by atoms with van der Waals surface area (Å²) in [7, 11) is -2.91. The minimum Gasteiger partial charge on any atom is -0.300 e. The molecule has 4 heteroatoms. The maximum atomic E-state index is 12.1. The normalized spacial score (nSPS) is 21.4. The molecule has 0 heterocycles. The summed E-state index contributed by atoms with van der Waals surface area (Å²) >= 11 is 0. The molecular weight excluding hydrogens is 332 g/mol. The molecule has 0 radical (unpaired) electrons. The van der Waals surface area contributed by atoms with Crippen molar-refractivity contribution in [3.63, 3.8) is 0 Å². The molecule has 0 saturated heterocycles. The van der Waals surface area contributed by atoms with E-state index in [-0.39, 0.29) is 11.0 Å². The van der Waals surface area contributed by atoms with Crippen LogP contribution in [0.15, 0.2) is 24.3 Å². The molecule has 0 aliphatic heterocycles. The van der Waals surface area contributed by atoms with Gasteiger partial charge >= 0.3 is 0 Å². The highest BCUT2D eigenvalue weighted by atomic mass is 32.2. The third-order valence-electron chi connectivity index (χ3n) is 5.44. The number of aryl methyl sites for hydroxylation is 1. The van der Waals surface area contributed by atoms with E-state index in [0.29, 0.717) is 24.0 Å². The van der Waals surface area contributed by atoms with Crippen molar-refractivity contribution in [2.45, 2.75) is 71.0 Å². The minimum atomic E-state index is -2.91. The Morgan fingerprint density at radius 3 is 2.28 bits per heavy atom. The third kappa shape index (κ3) is 6.58. The predicted octanol–water partition coefficient (Wildman–Crippen LogP) is 4.38. The maximum absolute atomic E-state index is 12.1. The lowest BCUT2D eigenvalue weighted by Crippen LogP contribution is -2.26. The molecule has 25 heavy (non-hydrogen) atoms. The number of carbonyl (C=O) groups excluding carboxylic acids is 1. The molecule has 1 aromatic carbocycles. The fourth-order valence-corrected chi connectivity index (χ4v) is 5.14. The Labute approximate surface area is 153 Å². The van der Waals surface area contributed by atoms with Gasteiger partial charge in [-0.2, -0.15) is 0 Å². The Balaban J connectivity index is 1.78. The van der Waals surface area contributed by atoms with E-state index in [9.17, 15) is 13.2 Å². The summed E-state index contributed by atoms with van der Waals surface area (Å²) < 4.78 is 24.2. The van der Waals surface area contributed by atoms with Crippen molar-refractivity contribution in [1.29, 1.82) is 0 Å². The van der Waals surface area contributed by atoms with Crippen LogP contribution in [0.5, 0.6) is 0 Å². The highest BCUT2D eigenvalue weighted by Crippen LogP contribution is 2.33. The molecule has 0 atom stereocenters. The van der Waals surface area contributed by atoms with Crippen LogP contribution in [0, 0.1) is 11.8 Å². The zero-order valence-electron chi connectivity index (χ0n) is 15.8.